The molecule has 0 atom stereocenters. The van der Waals surface area contributed by atoms with Crippen molar-refractivity contribution in [1.82, 2.24) is 0 Å². The average molecular weight is 513 g/mol. The van der Waals surface area contributed by atoms with Crippen LogP contribution in [0.2, 0.25) is 0 Å². The average Bonchev–Trinajstić information content (AvgIpc) is 2.87. The molecule has 0 fully saturated rings. The van der Waals surface area contributed by atoms with Crippen LogP contribution in [0.1, 0.15) is 31.9 Å². The van der Waals surface area contributed by atoms with Crippen LogP contribution in [0.3, 0.4) is 0 Å². The van der Waals surface area contributed by atoms with Crippen LogP contribution >= 0.6 is 0 Å². The van der Waals surface area contributed by atoms with Gasteiger partial charge in [-0.05, 0) is 68.3 Å². The molecule has 0 spiro atoms. The van der Waals surface area contributed by atoms with Crippen LogP contribution in [0.25, 0.3) is 12.2 Å². The van der Waals surface area contributed by atoms with Crippen molar-refractivity contribution in [3.05, 3.63) is 70.8 Å². The first-order valence-electron chi connectivity index (χ1n) is 11.4. The molecule has 0 unspecified atom stereocenters. The third-order valence-electron chi connectivity index (χ3n) is 4.55. The molecule has 0 bridgehead atoms. The molecule has 2 rings (SSSR count). The van der Waals surface area contributed by atoms with E-state index in [0.29, 0.717) is 22.6 Å². The molecule has 2 aromatic carbocycles. The molecule has 196 valence electrons. The number of aliphatic carboxylic acids is 1. The van der Waals surface area contributed by atoms with E-state index in [4.69, 9.17) is 23.7 Å². The number of esters is 3. The van der Waals surface area contributed by atoms with E-state index in [-0.39, 0.29) is 32.2 Å². The van der Waals surface area contributed by atoms with Crippen LogP contribution in [0, 0.1) is 0 Å². The summed E-state index contributed by atoms with van der Waals surface area (Å²) in [5.41, 5.74) is 0.356. The van der Waals surface area contributed by atoms with Crippen LogP contribution in [-0.4, -0.2) is 55.6 Å². The molecule has 10 nitrogen and oxygen atoms in total. The van der Waals surface area contributed by atoms with Gasteiger partial charge in [0.15, 0.2) is 0 Å². The van der Waals surface area contributed by atoms with Gasteiger partial charge in [0, 0.05) is 0 Å². The fraction of sp³-hybridized carbons (Fsp3) is 0.259. The third kappa shape index (κ3) is 9.17. The summed E-state index contributed by atoms with van der Waals surface area (Å²) >= 11 is 0. The highest BCUT2D eigenvalue weighted by molar-refractivity contribution is 6.18. The Bertz CT molecular complexity index is 1120. The molecule has 0 radical (unpaired) electrons. The largest absolute Gasteiger partial charge is 0.477 e. The number of benzene rings is 2. The van der Waals surface area contributed by atoms with Crippen molar-refractivity contribution in [2.24, 2.45) is 0 Å². The van der Waals surface area contributed by atoms with Crippen LogP contribution in [0.15, 0.2) is 59.7 Å². The number of hydrogen-bond donors (Lipinski definition) is 1. The lowest BCUT2D eigenvalue weighted by molar-refractivity contribution is -0.147. The van der Waals surface area contributed by atoms with Gasteiger partial charge in [0.2, 0.25) is 6.79 Å². The maximum absolute atomic E-state index is 12.1. The van der Waals surface area contributed by atoms with Gasteiger partial charge in [-0.1, -0.05) is 24.3 Å². The van der Waals surface area contributed by atoms with Gasteiger partial charge < -0.3 is 28.8 Å². The van der Waals surface area contributed by atoms with Gasteiger partial charge in [0.1, 0.15) is 22.6 Å². The van der Waals surface area contributed by atoms with Crippen molar-refractivity contribution in [2.75, 3.05) is 26.6 Å². The smallest absolute Gasteiger partial charge is 0.345 e. The van der Waals surface area contributed by atoms with Crippen LogP contribution < -0.4 is 9.47 Å². The number of ether oxygens (including phenoxy) is 5. The summed E-state index contributed by atoms with van der Waals surface area (Å²) in [6.07, 6.45) is 2.59. The highest BCUT2D eigenvalue weighted by Gasteiger charge is 2.21. The lowest BCUT2D eigenvalue weighted by Gasteiger charge is -2.09. The van der Waals surface area contributed by atoms with E-state index in [1.165, 1.54) is 12.2 Å². The standard InChI is InChI=1S/C27H28O10/c1-4-33-25(30)22(24(28)29)15-18-7-11-20(12-8-18)36-17-37-21-13-9-19(10-14-21)16-23(26(31)34-5-2)27(32)35-6-3/h7-16H,4-6,17H2,1-3H3,(H,28,29)/b22-15+. The Labute approximate surface area is 214 Å². The zero-order valence-corrected chi connectivity index (χ0v) is 20.7. The van der Waals surface area contributed by atoms with E-state index in [2.05, 4.69) is 0 Å². The summed E-state index contributed by atoms with van der Waals surface area (Å²) < 4.78 is 25.7. The zero-order valence-electron chi connectivity index (χ0n) is 20.7. The first-order valence-corrected chi connectivity index (χ1v) is 11.4. The molecule has 10 heteroatoms. The van der Waals surface area contributed by atoms with Crippen molar-refractivity contribution in [2.45, 2.75) is 20.8 Å². The van der Waals surface area contributed by atoms with Crippen LogP contribution in [0.5, 0.6) is 11.5 Å². The van der Waals surface area contributed by atoms with E-state index in [0.717, 1.165) is 0 Å². The molecular weight excluding hydrogens is 484 g/mol. The van der Waals surface area contributed by atoms with Gasteiger partial charge in [-0.2, -0.15) is 0 Å². The second-order valence-corrected chi connectivity index (χ2v) is 7.13. The van der Waals surface area contributed by atoms with E-state index >= 15 is 0 Å². The molecule has 0 saturated heterocycles. The molecule has 0 aliphatic rings. The van der Waals surface area contributed by atoms with Crippen molar-refractivity contribution in [3.8, 4) is 11.5 Å². The Balaban J connectivity index is 1.99. The van der Waals surface area contributed by atoms with Gasteiger partial charge in [0.25, 0.3) is 0 Å². The summed E-state index contributed by atoms with van der Waals surface area (Å²) in [4.78, 5) is 47.2. The Morgan fingerprint density at radius 1 is 0.622 bits per heavy atom. The molecule has 0 aliphatic carbocycles. The Morgan fingerprint density at radius 2 is 0.973 bits per heavy atom. The summed E-state index contributed by atoms with van der Waals surface area (Å²) in [6.45, 7) is 5.06. The Kier molecular flexibility index (Phi) is 11.4. The first kappa shape index (κ1) is 28.6. The highest BCUT2D eigenvalue weighted by atomic mass is 16.7. The summed E-state index contributed by atoms with van der Waals surface area (Å²) in [7, 11) is 0. The summed E-state index contributed by atoms with van der Waals surface area (Å²) in [5, 5.41) is 9.21. The van der Waals surface area contributed by atoms with E-state index in [9.17, 15) is 24.3 Å². The highest BCUT2D eigenvalue weighted by Crippen LogP contribution is 2.18. The lowest BCUT2D eigenvalue weighted by atomic mass is 10.1. The van der Waals surface area contributed by atoms with Crippen molar-refractivity contribution < 1.29 is 48.0 Å². The van der Waals surface area contributed by atoms with Gasteiger partial charge in [0.05, 0.1) is 19.8 Å². The first-order chi connectivity index (χ1) is 17.8. The topological polar surface area (TPSA) is 135 Å². The number of carboxylic acids is 1. The maximum Gasteiger partial charge on any atom is 0.345 e. The van der Waals surface area contributed by atoms with Gasteiger partial charge >= 0.3 is 23.9 Å². The van der Waals surface area contributed by atoms with E-state index in [1.807, 2.05) is 0 Å². The molecule has 37 heavy (non-hydrogen) atoms. The number of hydrogen-bond acceptors (Lipinski definition) is 9. The van der Waals surface area contributed by atoms with E-state index < -0.39 is 29.5 Å². The van der Waals surface area contributed by atoms with Gasteiger partial charge in [-0.25, -0.2) is 19.2 Å². The van der Waals surface area contributed by atoms with Gasteiger partial charge in [-0.15, -0.1) is 0 Å². The molecule has 1 N–H and O–H groups in total. The molecule has 0 heterocycles. The molecular formula is C27H28O10. The Hall–Kier alpha value is -4.60. The third-order valence-corrected chi connectivity index (χ3v) is 4.55. The number of carbonyl (C=O) groups excluding carboxylic acids is 3. The van der Waals surface area contributed by atoms with Gasteiger partial charge in [-0.3, -0.25) is 0 Å². The van der Waals surface area contributed by atoms with Crippen molar-refractivity contribution in [3.63, 3.8) is 0 Å². The predicted molar refractivity (Wildman–Crippen MR) is 132 cm³/mol. The van der Waals surface area contributed by atoms with Crippen LogP contribution in [0.4, 0.5) is 0 Å². The minimum atomic E-state index is -1.38. The number of rotatable bonds is 13. The predicted octanol–water partition coefficient (Wildman–Crippen LogP) is 3.64. The summed E-state index contributed by atoms with van der Waals surface area (Å²) in [6, 6.07) is 12.9. The second kappa shape index (κ2) is 14.7. The molecule has 0 saturated carbocycles. The fourth-order valence-electron chi connectivity index (χ4n) is 2.86. The van der Waals surface area contributed by atoms with Crippen LogP contribution in [-0.2, 0) is 33.4 Å². The monoisotopic (exact) mass is 512 g/mol. The normalized spacial score (nSPS) is 10.6. The Morgan fingerprint density at radius 3 is 1.32 bits per heavy atom. The molecule has 2 aromatic rings. The fourth-order valence-corrected chi connectivity index (χ4v) is 2.86. The quantitative estimate of drug-likeness (QED) is 0.106. The molecule has 0 aliphatic heterocycles. The SMILES string of the molecule is CCOC(=O)C(=Cc1ccc(OCOc2ccc(/C=C(\C(=O)O)C(=O)OCC)cc2)cc1)C(=O)OCC. The number of carboxylic acid groups (broad SMARTS) is 1. The zero-order chi connectivity index (χ0) is 27.2. The van der Waals surface area contributed by atoms with Crippen molar-refractivity contribution >= 4 is 36.0 Å². The summed E-state index contributed by atoms with van der Waals surface area (Å²) in [5.74, 6) is -2.90. The van der Waals surface area contributed by atoms with E-state index in [1.54, 1.807) is 69.3 Å². The molecule has 0 amide bonds. The second-order valence-electron chi connectivity index (χ2n) is 7.13. The number of carbonyl (C=O) groups is 4. The van der Waals surface area contributed by atoms with Crippen molar-refractivity contribution in [1.29, 1.82) is 0 Å². The minimum absolute atomic E-state index is 0.0673. The molecule has 0 aromatic heterocycles. The minimum Gasteiger partial charge on any atom is -0.477 e. The lowest BCUT2D eigenvalue weighted by Crippen LogP contribution is -2.18. The maximum atomic E-state index is 12.1.